The first kappa shape index (κ1) is 15.5. The summed E-state index contributed by atoms with van der Waals surface area (Å²) < 4.78 is 23.9. The molecule has 2 N–H and O–H groups in total. The van der Waals surface area contributed by atoms with Crippen LogP contribution in [0, 0.1) is 13.8 Å². The van der Waals surface area contributed by atoms with Crippen molar-refractivity contribution < 1.29 is 8.76 Å². The summed E-state index contributed by atoms with van der Waals surface area (Å²) in [5.41, 5.74) is 5.71. The Hall–Kier alpha value is -2.44. The van der Waals surface area contributed by atoms with Crippen molar-refractivity contribution in [2.24, 2.45) is 0 Å². The van der Waals surface area contributed by atoms with E-state index in [4.69, 9.17) is 4.55 Å². The molecule has 118 valence electrons. The maximum Gasteiger partial charge on any atom is 0.259 e. The maximum atomic E-state index is 10.8. The summed E-state index contributed by atoms with van der Waals surface area (Å²) in [5, 5.41) is 4.56. The Morgan fingerprint density at radius 1 is 1.04 bits per heavy atom. The molecule has 0 amide bonds. The molecule has 3 rings (SSSR count). The lowest BCUT2D eigenvalue weighted by Gasteiger charge is -2.09. The van der Waals surface area contributed by atoms with Gasteiger partial charge in [-0.05, 0) is 44.2 Å². The highest BCUT2D eigenvalue weighted by molar-refractivity contribution is 7.80. The van der Waals surface area contributed by atoms with Crippen LogP contribution in [0.5, 0.6) is 0 Å². The minimum Gasteiger partial charge on any atom is -0.289 e. The van der Waals surface area contributed by atoms with Crippen LogP contribution in [0.15, 0.2) is 54.6 Å². The molecular weight excluding hydrogens is 310 g/mol. The van der Waals surface area contributed by atoms with Crippen molar-refractivity contribution >= 4 is 17.0 Å². The summed E-state index contributed by atoms with van der Waals surface area (Å²) in [4.78, 5) is 0. The van der Waals surface area contributed by atoms with Gasteiger partial charge in [0.2, 0.25) is 0 Å². The van der Waals surface area contributed by atoms with Crippen LogP contribution in [0.25, 0.3) is 16.9 Å². The molecule has 6 heteroatoms. The molecule has 0 spiro atoms. The van der Waals surface area contributed by atoms with Gasteiger partial charge < -0.3 is 0 Å². The van der Waals surface area contributed by atoms with E-state index in [0.29, 0.717) is 5.69 Å². The minimum atomic E-state index is -2.07. The number of aromatic nitrogens is 2. The number of rotatable bonds is 4. The van der Waals surface area contributed by atoms with E-state index >= 15 is 0 Å². The molecule has 0 saturated heterocycles. The zero-order valence-electron chi connectivity index (χ0n) is 12.9. The molecule has 1 aromatic heterocycles. The third-order valence-corrected chi connectivity index (χ3v) is 3.91. The Kier molecular flexibility index (Phi) is 4.27. The molecule has 5 nitrogen and oxygen atoms in total. The van der Waals surface area contributed by atoms with E-state index in [2.05, 4.69) is 41.0 Å². The standard InChI is InChI=1S/C17H17N3O2S/c1-12-3-5-14(6-4-12)17-11-13(2)18-20(17)16-9-7-15(8-10-16)19-23(21)22/h3-11,19H,1-2H3,(H,21,22). The Labute approximate surface area is 137 Å². The molecule has 2 aromatic carbocycles. The molecule has 0 aliphatic heterocycles. The molecule has 3 aromatic rings. The second-order valence-electron chi connectivity index (χ2n) is 5.35. The molecular formula is C17H17N3O2S. The van der Waals surface area contributed by atoms with Crippen molar-refractivity contribution in [1.29, 1.82) is 0 Å². The Balaban J connectivity index is 2.00. The lowest BCUT2D eigenvalue weighted by molar-refractivity contribution is 0.570. The highest BCUT2D eigenvalue weighted by Gasteiger charge is 2.10. The Morgan fingerprint density at radius 3 is 2.30 bits per heavy atom. The van der Waals surface area contributed by atoms with Gasteiger partial charge in [0.25, 0.3) is 11.3 Å². The summed E-state index contributed by atoms with van der Waals surface area (Å²) in [6.45, 7) is 4.02. The van der Waals surface area contributed by atoms with Crippen LogP contribution in [0.3, 0.4) is 0 Å². The van der Waals surface area contributed by atoms with Gasteiger partial charge in [-0.1, -0.05) is 29.8 Å². The van der Waals surface area contributed by atoms with E-state index in [0.717, 1.165) is 22.6 Å². The fourth-order valence-corrected chi connectivity index (χ4v) is 2.74. The summed E-state index contributed by atoms with van der Waals surface area (Å²) >= 11 is -2.07. The Morgan fingerprint density at radius 2 is 1.70 bits per heavy atom. The molecule has 0 saturated carbocycles. The van der Waals surface area contributed by atoms with Crippen molar-refractivity contribution in [3.8, 4) is 16.9 Å². The van der Waals surface area contributed by atoms with E-state index in [1.165, 1.54) is 5.56 Å². The highest BCUT2D eigenvalue weighted by Crippen LogP contribution is 2.25. The van der Waals surface area contributed by atoms with Crippen LogP contribution in [0.4, 0.5) is 5.69 Å². The molecule has 1 heterocycles. The van der Waals surface area contributed by atoms with Gasteiger partial charge in [-0.15, -0.1) is 0 Å². The third-order valence-electron chi connectivity index (χ3n) is 3.50. The monoisotopic (exact) mass is 327 g/mol. The number of aryl methyl sites for hydroxylation is 2. The van der Waals surface area contributed by atoms with E-state index in [-0.39, 0.29) is 0 Å². The van der Waals surface area contributed by atoms with Crippen LogP contribution < -0.4 is 4.72 Å². The van der Waals surface area contributed by atoms with Crippen LogP contribution in [0.1, 0.15) is 11.3 Å². The average molecular weight is 327 g/mol. The van der Waals surface area contributed by atoms with Crippen LogP contribution in [-0.4, -0.2) is 18.5 Å². The summed E-state index contributed by atoms with van der Waals surface area (Å²) in [6, 6.07) is 17.6. The van der Waals surface area contributed by atoms with Gasteiger partial charge in [0.05, 0.1) is 17.1 Å². The van der Waals surface area contributed by atoms with Gasteiger partial charge >= 0.3 is 0 Å². The number of anilines is 1. The zero-order chi connectivity index (χ0) is 16.4. The average Bonchev–Trinajstić information content (AvgIpc) is 2.90. The van der Waals surface area contributed by atoms with E-state index < -0.39 is 11.3 Å². The van der Waals surface area contributed by atoms with E-state index in [1.807, 2.05) is 29.8 Å². The quantitative estimate of drug-likeness (QED) is 0.718. The maximum absolute atomic E-state index is 10.8. The first-order valence-electron chi connectivity index (χ1n) is 7.14. The van der Waals surface area contributed by atoms with Gasteiger partial charge in [-0.3, -0.25) is 9.27 Å². The van der Waals surface area contributed by atoms with Crippen molar-refractivity contribution in [2.75, 3.05) is 4.72 Å². The summed E-state index contributed by atoms with van der Waals surface area (Å²) in [6.07, 6.45) is 0. The molecule has 0 bridgehead atoms. The Bertz CT molecular complexity index is 839. The number of hydrogen-bond donors (Lipinski definition) is 2. The minimum absolute atomic E-state index is 0.579. The van der Waals surface area contributed by atoms with Gasteiger partial charge in [0.15, 0.2) is 0 Å². The van der Waals surface area contributed by atoms with E-state index in [1.54, 1.807) is 12.1 Å². The number of hydrogen-bond acceptors (Lipinski definition) is 2. The fourth-order valence-electron chi connectivity index (χ4n) is 2.40. The molecule has 1 atom stereocenters. The predicted molar refractivity (Wildman–Crippen MR) is 92.9 cm³/mol. The molecule has 0 radical (unpaired) electrons. The number of nitrogens with one attached hydrogen (secondary N) is 1. The predicted octanol–water partition coefficient (Wildman–Crippen LogP) is 3.70. The van der Waals surface area contributed by atoms with E-state index in [9.17, 15) is 4.21 Å². The van der Waals surface area contributed by atoms with Gasteiger partial charge in [0.1, 0.15) is 0 Å². The van der Waals surface area contributed by atoms with Crippen LogP contribution in [-0.2, 0) is 11.3 Å². The number of nitrogens with zero attached hydrogens (tertiary/aromatic N) is 2. The topological polar surface area (TPSA) is 67.2 Å². The van der Waals surface area contributed by atoms with Gasteiger partial charge in [-0.2, -0.15) is 5.10 Å². The fraction of sp³-hybridized carbons (Fsp3) is 0.118. The lowest BCUT2D eigenvalue weighted by Crippen LogP contribution is -2.03. The normalized spacial score (nSPS) is 12.1. The van der Waals surface area contributed by atoms with Crippen molar-refractivity contribution in [3.63, 3.8) is 0 Å². The number of benzene rings is 2. The smallest absolute Gasteiger partial charge is 0.259 e. The molecule has 0 aliphatic carbocycles. The molecule has 1 unspecified atom stereocenters. The molecule has 0 fully saturated rings. The van der Waals surface area contributed by atoms with Gasteiger partial charge in [0, 0.05) is 11.3 Å². The second kappa shape index (κ2) is 6.36. The molecule has 0 aliphatic rings. The van der Waals surface area contributed by atoms with Gasteiger partial charge in [-0.25, -0.2) is 8.89 Å². The zero-order valence-corrected chi connectivity index (χ0v) is 13.7. The van der Waals surface area contributed by atoms with Crippen molar-refractivity contribution in [3.05, 3.63) is 65.9 Å². The third kappa shape index (κ3) is 3.49. The lowest BCUT2D eigenvalue weighted by atomic mass is 10.1. The van der Waals surface area contributed by atoms with Crippen LogP contribution >= 0.6 is 0 Å². The first-order valence-corrected chi connectivity index (χ1v) is 8.25. The van der Waals surface area contributed by atoms with Crippen molar-refractivity contribution in [1.82, 2.24) is 9.78 Å². The summed E-state index contributed by atoms with van der Waals surface area (Å²) in [7, 11) is 0. The summed E-state index contributed by atoms with van der Waals surface area (Å²) in [5.74, 6) is 0. The largest absolute Gasteiger partial charge is 0.289 e. The SMILES string of the molecule is Cc1ccc(-c2cc(C)nn2-c2ccc(NS(=O)O)cc2)cc1. The first-order chi connectivity index (χ1) is 11.0. The highest BCUT2D eigenvalue weighted by atomic mass is 32.2. The second-order valence-corrected chi connectivity index (χ2v) is 6.05. The molecule has 23 heavy (non-hydrogen) atoms. The van der Waals surface area contributed by atoms with Crippen molar-refractivity contribution in [2.45, 2.75) is 13.8 Å². The van der Waals surface area contributed by atoms with Crippen LogP contribution in [0.2, 0.25) is 0 Å².